The summed E-state index contributed by atoms with van der Waals surface area (Å²) in [6.07, 6.45) is 0.477. The molecule has 0 aliphatic carbocycles. The molecule has 0 radical (unpaired) electrons. The van der Waals surface area contributed by atoms with E-state index in [9.17, 15) is 9.59 Å². The summed E-state index contributed by atoms with van der Waals surface area (Å²) in [6.45, 7) is 5.33. The molecule has 0 saturated carbocycles. The molecule has 0 aliphatic rings. The van der Waals surface area contributed by atoms with Crippen LogP contribution in [0.25, 0.3) is 0 Å². The average Bonchev–Trinajstić information content (AvgIpc) is 2.78. The highest BCUT2D eigenvalue weighted by atomic mass is 32.1. The number of hydrogen-bond donors (Lipinski definition) is 2. The highest BCUT2D eigenvalue weighted by Crippen LogP contribution is 2.31. The lowest BCUT2D eigenvalue weighted by atomic mass is 9.86. The molecule has 20 heavy (non-hydrogen) atoms. The Morgan fingerprint density at radius 3 is 2.60 bits per heavy atom. The number of ether oxygens (including phenoxy) is 1. The van der Waals surface area contributed by atoms with Crippen LogP contribution in [0.4, 0.5) is 5.69 Å². The Morgan fingerprint density at radius 1 is 1.55 bits per heavy atom. The molecule has 7 heteroatoms. The second kappa shape index (κ2) is 6.32. The first-order valence-electron chi connectivity index (χ1n) is 6.05. The number of rotatable bonds is 5. The summed E-state index contributed by atoms with van der Waals surface area (Å²) in [5.41, 5.74) is 5.97. The minimum absolute atomic E-state index is 0.130. The van der Waals surface area contributed by atoms with Crippen molar-refractivity contribution in [3.63, 3.8) is 0 Å². The standard InChI is InChI=1S/C13H18N2O3S2/c1-5-13(3,11(14)19)12(17)15-8-7(2)6-20-9(8)10(16)18-4/h6H,5H2,1-4H3,(H2,14,19)(H,15,17). The van der Waals surface area contributed by atoms with Crippen molar-refractivity contribution >= 4 is 46.1 Å². The van der Waals surface area contributed by atoms with Crippen molar-refractivity contribution in [3.05, 3.63) is 15.8 Å². The number of nitrogens with one attached hydrogen (secondary N) is 1. The molecule has 1 amide bonds. The van der Waals surface area contributed by atoms with Gasteiger partial charge in [0, 0.05) is 0 Å². The molecule has 1 unspecified atom stereocenters. The largest absolute Gasteiger partial charge is 0.465 e. The van der Waals surface area contributed by atoms with Gasteiger partial charge in [-0.2, -0.15) is 0 Å². The van der Waals surface area contributed by atoms with Crippen molar-refractivity contribution in [1.82, 2.24) is 0 Å². The van der Waals surface area contributed by atoms with E-state index in [2.05, 4.69) is 5.32 Å². The van der Waals surface area contributed by atoms with Crippen LogP contribution in [0.1, 0.15) is 35.5 Å². The predicted octanol–water partition coefficient (Wildman–Crippen LogP) is 2.48. The third kappa shape index (κ3) is 2.99. The summed E-state index contributed by atoms with van der Waals surface area (Å²) >= 11 is 6.19. The maximum Gasteiger partial charge on any atom is 0.350 e. The van der Waals surface area contributed by atoms with Crippen LogP contribution in [0.5, 0.6) is 0 Å². The maximum absolute atomic E-state index is 12.4. The Morgan fingerprint density at radius 2 is 2.15 bits per heavy atom. The van der Waals surface area contributed by atoms with Gasteiger partial charge in [0.2, 0.25) is 5.91 Å². The van der Waals surface area contributed by atoms with Gasteiger partial charge in [0.05, 0.1) is 23.2 Å². The smallest absolute Gasteiger partial charge is 0.350 e. The van der Waals surface area contributed by atoms with Crippen LogP contribution < -0.4 is 11.1 Å². The van der Waals surface area contributed by atoms with E-state index in [0.717, 1.165) is 5.56 Å². The van der Waals surface area contributed by atoms with Gasteiger partial charge in [-0.25, -0.2) is 4.79 Å². The molecule has 1 aromatic rings. The number of methoxy groups -OCH3 is 1. The molecule has 1 heterocycles. The number of amides is 1. The maximum atomic E-state index is 12.4. The van der Waals surface area contributed by atoms with Crippen LogP contribution >= 0.6 is 23.6 Å². The summed E-state index contributed by atoms with van der Waals surface area (Å²) in [4.78, 5) is 24.6. The number of carbonyl (C=O) groups excluding carboxylic acids is 2. The number of esters is 1. The minimum Gasteiger partial charge on any atom is -0.465 e. The van der Waals surface area contributed by atoms with E-state index in [1.165, 1.54) is 18.4 Å². The summed E-state index contributed by atoms with van der Waals surface area (Å²) in [5, 5.41) is 4.53. The second-order valence-corrected chi connectivity index (χ2v) is 5.94. The Labute approximate surface area is 127 Å². The van der Waals surface area contributed by atoms with Crippen molar-refractivity contribution < 1.29 is 14.3 Å². The topological polar surface area (TPSA) is 81.4 Å². The first kappa shape index (κ1) is 16.6. The molecule has 1 rings (SSSR count). The van der Waals surface area contributed by atoms with Crippen molar-refractivity contribution in [2.45, 2.75) is 27.2 Å². The molecule has 0 fully saturated rings. The van der Waals surface area contributed by atoms with Crippen LogP contribution in [0.3, 0.4) is 0 Å². The number of thiocarbonyl (C=S) groups is 1. The molecule has 110 valence electrons. The second-order valence-electron chi connectivity index (χ2n) is 4.62. The Balaban J connectivity index is 3.11. The molecular formula is C13H18N2O3S2. The van der Waals surface area contributed by atoms with Gasteiger partial charge in [-0.15, -0.1) is 11.3 Å². The Bertz CT molecular complexity index is 554. The number of aryl methyl sites for hydroxylation is 1. The van der Waals surface area contributed by atoms with E-state index in [4.69, 9.17) is 22.7 Å². The first-order chi connectivity index (χ1) is 9.27. The van der Waals surface area contributed by atoms with Gasteiger partial charge in [-0.1, -0.05) is 19.1 Å². The molecule has 5 nitrogen and oxygen atoms in total. The summed E-state index contributed by atoms with van der Waals surface area (Å²) < 4.78 is 4.70. The van der Waals surface area contributed by atoms with E-state index in [0.29, 0.717) is 17.0 Å². The lowest BCUT2D eigenvalue weighted by molar-refractivity contribution is -0.121. The zero-order chi connectivity index (χ0) is 15.5. The predicted molar refractivity (Wildman–Crippen MR) is 84.2 cm³/mol. The van der Waals surface area contributed by atoms with E-state index in [-0.39, 0.29) is 10.9 Å². The molecule has 0 spiro atoms. The van der Waals surface area contributed by atoms with Crippen molar-refractivity contribution in [2.24, 2.45) is 11.1 Å². The van der Waals surface area contributed by atoms with E-state index >= 15 is 0 Å². The van der Waals surface area contributed by atoms with Gasteiger partial charge in [-0.05, 0) is 31.2 Å². The van der Waals surface area contributed by atoms with E-state index in [1.807, 2.05) is 13.8 Å². The zero-order valence-electron chi connectivity index (χ0n) is 11.9. The lowest BCUT2D eigenvalue weighted by Crippen LogP contribution is -2.43. The van der Waals surface area contributed by atoms with Gasteiger partial charge in [-0.3, -0.25) is 4.79 Å². The summed E-state index contributed by atoms with van der Waals surface area (Å²) in [6, 6.07) is 0. The zero-order valence-corrected chi connectivity index (χ0v) is 13.5. The quantitative estimate of drug-likeness (QED) is 0.644. The highest BCUT2D eigenvalue weighted by Gasteiger charge is 2.35. The first-order valence-corrected chi connectivity index (χ1v) is 7.34. The normalized spacial score (nSPS) is 13.4. The van der Waals surface area contributed by atoms with E-state index < -0.39 is 11.4 Å². The van der Waals surface area contributed by atoms with Crippen molar-refractivity contribution in [1.29, 1.82) is 0 Å². The molecule has 0 aliphatic heterocycles. The molecule has 0 aromatic carbocycles. The molecule has 1 aromatic heterocycles. The number of nitrogens with two attached hydrogens (primary N) is 1. The fourth-order valence-corrected chi connectivity index (χ4v) is 2.70. The summed E-state index contributed by atoms with van der Waals surface area (Å²) in [7, 11) is 1.30. The van der Waals surface area contributed by atoms with E-state index in [1.54, 1.807) is 12.3 Å². The fourth-order valence-electron chi connectivity index (χ4n) is 1.54. The Kier molecular flexibility index (Phi) is 5.24. The van der Waals surface area contributed by atoms with Crippen LogP contribution in [-0.2, 0) is 9.53 Å². The van der Waals surface area contributed by atoms with Crippen LogP contribution in [0, 0.1) is 12.3 Å². The number of thiophene rings is 1. The van der Waals surface area contributed by atoms with Gasteiger partial charge in [0.25, 0.3) is 0 Å². The molecule has 0 bridgehead atoms. The van der Waals surface area contributed by atoms with Crippen LogP contribution in [-0.4, -0.2) is 24.0 Å². The lowest BCUT2D eigenvalue weighted by Gasteiger charge is -2.25. The fraction of sp³-hybridized carbons (Fsp3) is 0.462. The van der Waals surface area contributed by atoms with Crippen molar-refractivity contribution in [3.8, 4) is 0 Å². The number of anilines is 1. The third-order valence-corrected chi connectivity index (χ3v) is 4.86. The van der Waals surface area contributed by atoms with Crippen LogP contribution in [0.15, 0.2) is 5.38 Å². The van der Waals surface area contributed by atoms with Gasteiger partial charge in [0.1, 0.15) is 4.88 Å². The third-order valence-electron chi connectivity index (χ3n) is 3.34. The van der Waals surface area contributed by atoms with Gasteiger partial charge in [0.15, 0.2) is 0 Å². The average molecular weight is 314 g/mol. The van der Waals surface area contributed by atoms with Crippen LogP contribution in [0.2, 0.25) is 0 Å². The van der Waals surface area contributed by atoms with Gasteiger partial charge >= 0.3 is 5.97 Å². The Hall–Kier alpha value is -1.47. The highest BCUT2D eigenvalue weighted by molar-refractivity contribution is 7.80. The molecular weight excluding hydrogens is 296 g/mol. The minimum atomic E-state index is -0.947. The summed E-state index contributed by atoms with van der Waals surface area (Å²) in [5.74, 6) is -0.800. The number of carbonyl (C=O) groups is 2. The van der Waals surface area contributed by atoms with Crippen molar-refractivity contribution in [2.75, 3.05) is 12.4 Å². The molecule has 0 saturated heterocycles. The monoisotopic (exact) mass is 314 g/mol. The molecule has 1 atom stereocenters. The number of hydrogen-bond acceptors (Lipinski definition) is 5. The molecule has 3 N–H and O–H groups in total. The SMILES string of the molecule is CCC(C)(C(=O)Nc1c(C)csc1C(=O)OC)C(N)=S. The van der Waals surface area contributed by atoms with Gasteiger partial charge < -0.3 is 15.8 Å².